The molecule has 9 heteroatoms. The number of ether oxygens (including phenoxy) is 2. The van der Waals surface area contributed by atoms with E-state index in [1.165, 1.54) is 25.0 Å². The molecule has 9 nitrogen and oxygen atoms in total. The van der Waals surface area contributed by atoms with E-state index in [1.54, 1.807) is 29.9 Å². The lowest BCUT2D eigenvalue weighted by Crippen LogP contribution is -2.11. The minimum atomic E-state index is -0.677. The number of anilines is 1. The lowest BCUT2D eigenvalue weighted by Gasteiger charge is -2.09. The summed E-state index contributed by atoms with van der Waals surface area (Å²) in [5.41, 5.74) is 7.48. The molecule has 26 heavy (non-hydrogen) atoms. The Morgan fingerprint density at radius 3 is 2.54 bits per heavy atom. The smallest absolute Gasteiger partial charge is 0.359 e. The number of hydrogen-bond donors (Lipinski definition) is 1. The van der Waals surface area contributed by atoms with Gasteiger partial charge in [0.1, 0.15) is 6.07 Å². The third-order valence-electron chi connectivity index (χ3n) is 4.03. The first-order valence-electron chi connectivity index (χ1n) is 7.47. The van der Waals surface area contributed by atoms with Gasteiger partial charge in [-0.25, -0.2) is 9.59 Å². The van der Waals surface area contributed by atoms with Gasteiger partial charge in [0, 0.05) is 24.3 Å². The number of nitrogen functional groups attached to an aromatic ring is 1. The van der Waals surface area contributed by atoms with E-state index in [0.717, 1.165) is 0 Å². The Hall–Kier alpha value is -3.80. The maximum atomic E-state index is 12.1. The van der Waals surface area contributed by atoms with Crippen LogP contribution in [0.15, 0.2) is 24.4 Å². The standard InChI is InChI=1S/C17H15N5O4/c1-21-12-5-4-10(6-11(12)14(20-21)16(23)25-2)22-8-9(7-18)13(19)15(22)17(24)26-3/h4-6,8H,19H2,1-3H3. The lowest BCUT2D eigenvalue weighted by molar-refractivity contribution is 0.0585. The van der Waals surface area contributed by atoms with E-state index in [4.69, 9.17) is 15.2 Å². The molecule has 1 aromatic carbocycles. The van der Waals surface area contributed by atoms with Crippen molar-refractivity contribution in [2.75, 3.05) is 20.0 Å². The van der Waals surface area contributed by atoms with E-state index in [9.17, 15) is 14.9 Å². The number of carbonyl (C=O) groups is 2. The summed E-state index contributed by atoms with van der Waals surface area (Å²) in [5.74, 6) is -1.26. The molecule has 0 saturated heterocycles. The van der Waals surface area contributed by atoms with Crippen molar-refractivity contribution < 1.29 is 19.1 Å². The summed E-state index contributed by atoms with van der Waals surface area (Å²) in [5, 5.41) is 13.9. The molecule has 3 aromatic rings. The van der Waals surface area contributed by atoms with E-state index in [-0.39, 0.29) is 22.6 Å². The van der Waals surface area contributed by atoms with Gasteiger partial charge in [-0.2, -0.15) is 10.4 Å². The molecule has 0 bridgehead atoms. The normalized spacial score (nSPS) is 10.5. The number of fused-ring (bicyclic) bond motifs is 1. The van der Waals surface area contributed by atoms with Crippen molar-refractivity contribution >= 4 is 28.5 Å². The van der Waals surface area contributed by atoms with Crippen LogP contribution in [0, 0.1) is 11.3 Å². The predicted octanol–water partition coefficient (Wildman–Crippen LogP) is 1.39. The van der Waals surface area contributed by atoms with Crippen molar-refractivity contribution in [2.24, 2.45) is 7.05 Å². The van der Waals surface area contributed by atoms with Crippen LogP contribution in [0.2, 0.25) is 0 Å². The number of rotatable bonds is 3. The van der Waals surface area contributed by atoms with Gasteiger partial charge in [-0.1, -0.05) is 0 Å². The first-order valence-corrected chi connectivity index (χ1v) is 7.47. The molecule has 0 aliphatic carbocycles. The number of nitrogens with two attached hydrogens (primary N) is 1. The minimum Gasteiger partial charge on any atom is -0.464 e. The largest absolute Gasteiger partial charge is 0.464 e. The molecule has 0 aliphatic heterocycles. The fourth-order valence-corrected chi connectivity index (χ4v) is 2.77. The molecule has 132 valence electrons. The van der Waals surface area contributed by atoms with Gasteiger partial charge in [0.2, 0.25) is 0 Å². The van der Waals surface area contributed by atoms with E-state index in [2.05, 4.69) is 5.10 Å². The number of methoxy groups -OCH3 is 2. The molecule has 2 heterocycles. The van der Waals surface area contributed by atoms with Crippen LogP contribution >= 0.6 is 0 Å². The molecule has 0 spiro atoms. The van der Waals surface area contributed by atoms with Crippen LogP contribution in [0.25, 0.3) is 16.6 Å². The van der Waals surface area contributed by atoms with Crippen molar-refractivity contribution in [3.05, 3.63) is 41.3 Å². The van der Waals surface area contributed by atoms with Crippen LogP contribution in [-0.4, -0.2) is 40.5 Å². The maximum absolute atomic E-state index is 12.1. The number of benzene rings is 1. The van der Waals surface area contributed by atoms with Crippen molar-refractivity contribution in [3.63, 3.8) is 0 Å². The summed E-state index contributed by atoms with van der Waals surface area (Å²) in [7, 11) is 4.20. The van der Waals surface area contributed by atoms with Gasteiger partial charge in [-0.15, -0.1) is 0 Å². The van der Waals surface area contributed by atoms with Crippen LogP contribution in [-0.2, 0) is 16.5 Å². The zero-order valence-electron chi connectivity index (χ0n) is 14.3. The van der Waals surface area contributed by atoms with Gasteiger partial charge in [0.05, 0.1) is 31.0 Å². The topological polar surface area (TPSA) is 125 Å². The Morgan fingerprint density at radius 1 is 1.23 bits per heavy atom. The van der Waals surface area contributed by atoms with Gasteiger partial charge in [0.25, 0.3) is 0 Å². The van der Waals surface area contributed by atoms with E-state index < -0.39 is 11.9 Å². The lowest BCUT2D eigenvalue weighted by atomic mass is 10.2. The molecule has 2 aromatic heterocycles. The molecule has 2 N–H and O–H groups in total. The zero-order chi connectivity index (χ0) is 19.0. The third-order valence-corrected chi connectivity index (χ3v) is 4.03. The summed E-state index contributed by atoms with van der Waals surface area (Å²) in [6.07, 6.45) is 1.44. The van der Waals surface area contributed by atoms with Crippen LogP contribution in [0.1, 0.15) is 26.5 Å². The Kier molecular flexibility index (Phi) is 4.10. The Bertz CT molecular complexity index is 1090. The monoisotopic (exact) mass is 353 g/mol. The summed E-state index contributed by atoms with van der Waals surface area (Å²) in [6.45, 7) is 0. The van der Waals surface area contributed by atoms with Crippen molar-refractivity contribution in [3.8, 4) is 11.8 Å². The molecule has 0 radical (unpaired) electrons. The highest BCUT2D eigenvalue weighted by molar-refractivity contribution is 6.03. The molecule has 0 fully saturated rings. The summed E-state index contributed by atoms with van der Waals surface area (Å²) in [4.78, 5) is 24.1. The maximum Gasteiger partial charge on any atom is 0.359 e. The summed E-state index contributed by atoms with van der Waals surface area (Å²) < 4.78 is 12.5. The highest BCUT2D eigenvalue weighted by Crippen LogP contribution is 2.28. The second-order valence-electron chi connectivity index (χ2n) is 5.44. The van der Waals surface area contributed by atoms with Gasteiger partial charge >= 0.3 is 11.9 Å². The van der Waals surface area contributed by atoms with Crippen molar-refractivity contribution in [2.45, 2.75) is 0 Å². The fraction of sp³-hybridized carbons (Fsp3) is 0.176. The number of aromatic nitrogens is 3. The van der Waals surface area contributed by atoms with Gasteiger partial charge < -0.3 is 19.8 Å². The second-order valence-corrected chi connectivity index (χ2v) is 5.44. The number of esters is 2. The average Bonchev–Trinajstić information content (AvgIpc) is 3.17. The molecule has 0 aliphatic rings. The Morgan fingerprint density at radius 2 is 1.92 bits per heavy atom. The molecule has 0 unspecified atom stereocenters. The Balaban J connectivity index is 2.29. The first-order chi connectivity index (χ1) is 12.4. The molecule has 0 saturated carbocycles. The van der Waals surface area contributed by atoms with Crippen LogP contribution < -0.4 is 5.73 Å². The SMILES string of the molecule is COC(=O)c1nn(C)c2ccc(-n3cc(C#N)c(N)c3C(=O)OC)cc12. The fourth-order valence-electron chi connectivity index (χ4n) is 2.77. The van der Waals surface area contributed by atoms with Gasteiger partial charge in [-0.3, -0.25) is 4.68 Å². The third kappa shape index (κ3) is 2.44. The predicted molar refractivity (Wildman–Crippen MR) is 91.8 cm³/mol. The van der Waals surface area contributed by atoms with Gasteiger partial charge in [-0.05, 0) is 18.2 Å². The number of aryl methyl sites for hydroxylation is 1. The average molecular weight is 353 g/mol. The van der Waals surface area contributed by atoms with Gasteiger partial charge in [0.15, 0.2) is 11.4 Å². The van der Waals surface area contributed by atoms with Crippen LogP contribution in [0.4, 0.5) is 5.69 Å². The number of nitrogens with zero attached hydrogens (tertiary/aromatic N) is 4. The van der Waals surface area contributed by atoms with Crippen molar-refractivity contribution in [1.29, 1.82) is 5.26 Å². The quantitative estimate of drug-likeness (QED) is 0.705. The zero-order valence-corrected chi connectivity index (χ0v) is 14.3. The highest BCUT2D eigenvalue weighted by Gasteiger charge is 2.23. The molecule has 3 rings (SSSR count). The Labute approximate surface area is 148 Å². The van der Waals surface area contributed by atoms with Crippen LogP contribution in [0.5, 0.6) is 0 Å². The highest BCUT2D eigenvalue weighted by atomic mass is 16.5. The number of carbonyl (C=O) groups excluding carboxylic acids is 2. The summed E-state index contributed by atoms with van der Waals surface area (Å²) in [6, 6.07) is 7.07. The second kappa shape index (κ2) is 6.25. The van der Waals surface area contributed by atoms with E-state index >= 15 is 0 Å². The molecule has 0 amide bonds. The number of hydrogen-bond acceptors (Lipinski definition) is 7. The van der Waals surface area contributed by atoms with E-state index in [1.807, 2.05) is 6.07 Å². The van der Waals surface area contributed by atoms with E-state index in [0.29, 0.717) is 16.6 Å². The summed E-state index contributed by atoms with van der Waals surface area (Å²) >= 11 is 0. The van der Waals surface area contributed by atoms with Crippen LogP contribution in [0.3, 0.4) is 0 Å². The number of nitriles is 1. The minimum absolute atomic E-state index is 0.0267. The first kappa shape index (κ1) is 17.0. The van der Waals surface area contributed by atoms with Crippen molar-refractivity contribution in [1.82, 2.24) is 14.3 Å². The molecule has 0 atom stereocenters. The molecular weight excluding hydrogens is 338 g/mol. The molecular formula is C17H15N5O4.